The molecule has 1 aliphatic heterocycles. The van der Waals surface area contributed by atoms with Gasteiger partial charge in [0, 0.05) is 10.9 Å². The topological polar surface area (TPSA) is 79.5 Å². The fraction of sp³-hybridized carbons (Fsp3) is 0.0333. The minimum atomic E-state index is -0.156. The Morgan fingerprint density at radius 2 is 1.68 bits per heavy atom. The van der Waals surface area contributed by atoms with E-state index in [4.69, 9.17) is 0 Å². The number of fused-ring (bicyclic) bond motifs is 2. The van der Waals surface area contributed by atoms with Gasteiger partial charge in [-0.1, -0.05) is 78.5 Å². The molecular formula is C30H22N4O2S. The number of hydrogen-bond acceptors (Lipinski definition) is 5. The number of thioether (sulfide) groups is 1. The lowest BCUT2D eigenvalue weighted by atomic mass is 10.1. The number of hydrogen-bond donors (Lipinski definition) is 2. The minimum Gasteiger partial charge on any atom is -0.493 e. The van der Waals surface area contributed by atoms with Gasteiger partial charge in [0.2, 0.25) is 11.8 Å². The first-order valence-corrected chi connectivity index (χ1v) is 12.8. The number of amides is 1. The monoisotopic (exact) mass is 502 g/mol. The van der Waals surface area contributed by atoms with Gasteiger partial charge in [-0.05, 0) is 53.3 Å². The summed E-state index contributed by atoms with van der Waals surface area (Å²) in [5, 5.41) is 18.7. The van der Waals surface area contributed by atoms with E-state index in [-0.39, 0.29) is 17.5 Å². The third-order valence-corrected chi connectivity index (χ3v) is 6.94. The van der Waals surface area contributed by atoms with Crippen LogP contribution in [-0.2, 0) is 4.79 Å². The summed E-state index contributed by atoms with van der Waals surface area (Å²) < 4.78 is 1.66. The summed E-state index contributed by atoms with van der Waals surface area (Å²) in [6, 6.07) is 31.2. The van der Waals surface area contributed by atoms with Crippen LogP contribution in [0.5, 0.6) is 5.88 Å². The fourth-order valence-corrected chi connectivity index (χ4v) is 5.08. The standard InChI is InChI=1S/C30H22N4O2S/c35-28(32-23-15-14-20-8-4-5-9-21(20)16-23)19-37-30-33-27(29(36)34(30)25-11-2-1-3-12-25)18-24-17-22-10-6-7-13-26(22)31-24/h1-18,36H,19H2,(H,32,35). The van der Waals surface area contributed by atoms with E-state index < -0.39 is 0 Å². The van der Waals surface area contributed by atoms with E-state index in [1.54, 1.807) is 10.6 Å². The molecule has 2 N–H and O–H groups in total. The molecule has 0 saturated heterocycles. The average molecular weight is 503 g/mol. The Kier molecular flexibility index (Phi) is 6.04. The molecule has 0 atom stereocenters. The molecule has 4 aromatic carbocycles. The lowest BCUT2D eigenvalue weighted by Gasteiger charge is -2.09. The van der Waals surface area contributed by atoms with E-state index in [1.165, 1.54) is 11.8 Å². The number of carbonyl (C=O) groups excluding carboxylic acids is 1. The predicted octanol–water partition coefficient (Wildman–Crippen LogP) is 4.92. The number of nitrogens with one attached hydrogen (secondary N) is 1. The Labute approximate surface area is 217 Å². The van der Waals surface area contributed by atoms with Crippen LogP contribution in [0.4, 0.5) is 5.69 Å². The second-order valence-electron chi connectivity index (χ2n) is 8.56. The van der Waals surface area contributed by atoms with Crippen molar-refractivity contribution in [2.45, 2.75) is 5.16 Å². The highest BCUT2D eigenvalue weighted by Gasteiger charge is 2.19. The van der Waals surface area contributed by atoms with Crippen LogP contribution in [0.25, 0.3) is 28.6 Å². The van der Waals surface area contributed by atoms with Crippen molar-refractivity contribution in [1.29, 1.82) is 0 Å². The van der Waals surface area contributed by atoms with E-state index in [9.17, 15) is 9.90 Å². The van der Waals surface area contributed by atoms with Crippen LogP contribution >= 0.6 is 11.8 Å². The highest BCUT2D eigenvalue weighted by Crippen LogP contribution is 2.32. The van der Waals surface area contributed by atoms with E-state index in [1.807, 2.05) is 103 Å². The van der Waals surface area contributed by atoms with Crippen molar-refractivity contribution in [2.24, 2.45) is 4.99 Å². The van der Waals surface area contributed by atoms with Gasteiger partial charge in [-0.2, -0.15) is 0 Å². The molecule has 0 unspecified atom stereocenters. The third kappa shape index (κ3) is 4.77. The van der Waals surface area contributed by atoms with Crippen molar-refractivity contribution < 1.29 is 9.90 Å². The minimum absolute atomic E-state index is 0.00399. The average Bonchev–Trinajstić information content (AvgIpc) is 3.48. The molecule has 0 fully saturated rings. The van der Waals surface area contributed by atoms with Crippen molar-refractivity contribution in [2.75, 3.05) is 11.1 Å². The number of carbonyl (C=O) groups is 1. The third-order valence-electron chi connectivity index (χ3n) is 6.00. The summed E-state index contributed by atoms with van der Waals surface area (Å²) in [4.78, 5) is 22.1. The Balaban J connectivity index is 1.27. The first-order chi connectivity index (χ1) is 18.1. The van der Waals surface area contributed by atoms with Gasteiger partial charge in [-0.15, -0.1) is 0 Å². The highest BCUT2D eigenvalue weighted by molar-refractivity contribution is 7.99. The zero-order valence-corrected chi connectivity index (χ0v) is 20.5. The molecule has 5 aromatic rings. The van der Waals surface area contributed by atoms with Crippen LogP contribution in [0.1, 0.15) is 5.69 Å². The summed E-state index contributed by atoms with van der Waals surface area (Å²) in [6.45, 7) is 0. The molecule has 6 nitrogen and oxygen atoms in total. The van der Waals surface area contributed by atoms with Gasteiger partial charge in [-0.3, -0.25) is 9.36 Å². The van der Waals surface area contributed by atoms with Gasteiger partial charge in [0.15, 0.2) is 5.16 Å². The maximum atomic E-state index is 12.8. The van der Waals surface area contributed by atoms with Crippen LogP contribution in [0, 0.1) is 0 Å². The Morgan fingerprint density at radius 3 is 2.51 bits per heavy atom. The first-order valence-electron chi connectivity index (χ1n) is 11.8. The molecule has 0 bridgehead atoms. The molecule has 2 heterocycles. The number of imidazole rings is 1. The SMILES string of the molecule is O=C(CSc1nc(C=C2C=c3ccccc3=N2)c(O)n1-c1ccccc1)Nc1ccc2ccccc2c1. The van der Waals surface area contributed by atoms with Gasteiger partial charge in [0.25, 0.3) is 0 Å². The highest BCUT2D eigenvalue weighted by atomic mass is 32.2. The first kappa shape index (κ1) is 22.8. The van der Waals surface area contributed by atoms with Crippen molar-refractivity contribution in [3.05, 3.63) is 119 Å². The maximum absolute atomic E-state index is 12.8. The zero-order valence-electron chi connectivity index (χ0n) is 19.7. The van der Waals surface area contributed by atoms with E-state index in [0.717, 1.165) is 32.7 Å². The number of aromatic nitrogens is 2. The van der Waals surface area contributed by atoms with Gasteiger partial charge >= 0.3 is 0 Å². The van der Waals surface area contributed by atoms with E-state index >= 15 is 0 Å². The van der Waals surface area contributed by atoms with Gasteiger partial charge in [-0.25, -0.2) is 9.98 Å². The molecule has 37 heavy (non-hydrogen) atoms. The predicted molar refractivity (Wildman–Crippen MR) is 148 cm³/mol. The number of nitrogens with zero attached hydrogens (tertiary/aromatic N) is 3. The molecule has 0 spiro atoms. The molecule has 7 heteroatoms. The van der Waals surface area contributed by atoms with E-state index in [2.05, 4.69) is 15.3 Å². The number of rotatable bonds is 6. The molecule has 1 amide bonds. The van der Waals surface area contributed by atoms with Crippen LogP contribution in [0.2, 0.25) is 0 Å². The van der Waals surface area contributed by atoms with Gasteiger partial charge in [0.05, 0.1) is 22.5 Å². The van der Waals surface area contributed by atoms with Crippen LogP contribution in [0.3, 0.4) is 0 Å². The van der Waals surface area contributed by atoms with Crippen LogP contribution in [-0.4, -0.2) is 26.3 Å². The smallest absolute Gasteiger partial charge is 0.234 e. The molecule has 0 aliphatic carbocycles. The molecule has 0 saturated carbocycles. The van der Waals surface area contributed by atoms with Crippen LogP contribution < -0.4 is 15.9 Å². The second kappa shape index (κ2) is 9.79. The van der Waals surface area contributed by atoms with Gasteiger partial charge < -0.3 is 10.4 Å². The number of para-hydroxylation sites is 2. The molecular weight excluding hydrogens is 480 g/mol. The lowest BCUT2D eigenvalue weighted by molar-refractivity contribution is -0.113. The Morgan fingerprint density at radius 1 is 0.919 bits per heavy atom. The summed E-state index contributed by atoms with van der Waals surface area (Å²) in [7, 11) is 0. The number of benzene rings is 4. The number of allylic oxidation sites excluding steroid dienone is 1. The summed E-state index contributed by atoms with van der Waals surface area (Å²) in [6.07, 6.45) is 3.72. The zero-order chi connectivity index (χ0) is 25.2. The summed E-state index contributed by atoms with van der Waals surface area (Å²) >= 11 is 1.26. The second-order valence-corrected chi connectivity index (χ2v) is 9.50. The summed E-state index contributed by atoms with van der Waals surface area (Å²) in [5.41, 5.74) is 2.59. The molecule has 180 valence electrons. The summed E-state index contributed by atoms with van der Waals surface area (Å²) in [5.74, 6) is -0.0267. The molecule has 1 aliphatic rings. The number of aromatic hydroxyl groups is 1. The molecule has 6 rings (SSSR count). The Hall–Kier alpha value is -4.62. The molecule has 1 aromatic heterocycles. The Bertz CT molecular complexity index is 1750. The molecule has 0 radical (unpaired) electrons. The normalized spacial score (nSPS) is 13.2. The van der Waals surface area contributed by atoms with Crippen molar-refractivity contribution in [3.63, 3.8) is 0 Å². The number of anilines is 1. The van der Waals surface area contributed by atoms with E-state index in [0.29, 0.717) is 16.5 Å². The van der Waals surface area contributed by atoms with Crippen molar-refractivity contribution in [3.8, 4) is 11.6 Å². The van der Waals surface area contributed by atoms with Crippen molar-refractivity contribution >= 4 is 46.3 Å². The largest absolute Gasteiger partial charge is 0.493 e. The maximum Gasteiger partial charge on any atom is 0.234 e. The van der Waals surface area contributed by atoms with Gasteiger partial charge in [0.1, 0.15) is 5.69 Å². The quantitative estimate of drug-likeness (QED) is 0.323. The van der Waals surface area contributed by atoms with Crippen molar-refractivity contribution in [1.82, 2.24) is 9.55 Å². The fourth-order valence-electron chi connectivity index (χ4n) is 4.26. The van der Waals surface area contributed by atoms with Crippen LogP contribution in [0.15, 0.2) is 113 Å². The lowest BCUT2D eigenvalue weighted by Crippen LogP contribution is -2.19.